The fraction of sp³-hybridized carbons (Fsp3) is 0.444. The second kappa shape index (κ2) is 5.81. The number of likely N-dealkylation sites (N-methyl/N-ethyl adjacent to an activating group) is 1. The number of nitrogens with zero attached hydrogens (tertiary/aromatic N) is 4. The number of hydrogen-bond donors (Lipinski definition) is 0. The molecule has 2 atom stereocenters. The van der Waals surface area contributed by atoms with Gasteiger partial charge in [-0.25, -0.2) is 0 Å². The average Bonchev–Trinajstić information content (AvgIpc) is 2.82. The van der Waals surface area contributed by atoms with Gasteiger partial charge in [0.25, 0.3) is 0 Å². The Balaban J connectivity index is 1.57. The predicted octanol–water partition coefficient (Wildman–Crippen LogP) is 2.43. The molecule has 0 saturated carbocycles. The monoisotopic (exact) mass is 310 g/mol. The van der Waals surface area contributed by atoms with E-state index in [4.69, 9.17) is 4.74 Å². The number of aromatic nitrogens is 2. The molecule has 0 spiro atoms. The van der Waals surface area contributed by atoms with Crippen molar-refractivity contribution in [3.05, 3.63) is 36.4 Å². The SMILES string of the molecule is COc1ccccc1-c1ccc(N2CC3CCC(C2)N3C)nn1. The molecule has 0 N–H and O–H groups in total. The Morgan fingerprint density at radius 1 is 1.00 bits per heavy atom. The minimum Gasteiger partial charge on any atom is -0.496 e. The van der Waals surface area contributed by atoms with Crippen LogP contribution in [-0.4, -0.2) is 54.4 Å². The molecule has 2 saturated heterocycles. The zero-order chi connectivity index (χ0) is 15.8. The number of rotatable bonds is 3. The van der Waals surface area contributed by atoms with Crippen molar-refractivity contribution in [2.75, 3.05) is 32.1 Å². The highest BCUT2D eigenvalue weighted by molar-refractivity contribution is 5.67. The van der Waals surface area contributed by atoms with Crippen molar-refractivity contribution < 1.29 is 4.74 Å². The molecule has 0 aliphatic carbocycles. The van der Waals surface area contributed by atoms with Gasteiger partial charge in [-0.3, -0.25) is 4.90 Å². The maximum absolute atomic E-state index is 5.41. The summed E-state index contributed by atoms with van der Waals surface area (Å²) < 4.78 is 5.41. The second-order valence-electron chi connectivity index (χ2n) is 6.43. The number of fused-ring (bicyclic) bond motifs is 2. The van der Waals surface area contributed by atoms with E-state index in [1.165, 1.54) is 12.8 Å². The molecule has 120 valence electrons. The lowest BCUT2D eigenvalue weighted by molar-refractivity contribution is 0.211. The lowest BCUT2D eigenvalue weighted by Crippen LogP contribution is -2.52. The van der Waals surface area contributed by atoms with Crippen LogP contribution in [0.1, 0.15) is 12.8 Å². The number of ether oxygens (including phenoxy) is 1. The van der Waals surface area contributed by atoms with Gasteiger partial charge in [-0.15, -0.1) is 10.2 Å². The van der Waals surface area contributed by atoms with E-state index in [1.807, 2.05) is 30.3 Å². The van der Waals surface area contributed by atoms with Crippen LogP contribution in [-0.2, 0) is 0 Å². The zero-order valence-electron chi connectivity index (χ0n) is 13.6. The molecule has 4 rings (SSSR count). The highest BCUT2D eigenvalue weighted by atomic mass is 16.5. The van der Waals surface area contributed by atoms with Gasteiger partial charge in [0.15, 0.2) is 5.82 Å². The van der Waals surface area contributed by atoms with E-state index in [1.54, 1.807) is 7.11 Å². The van der Waals surface area contributed by atoms with Crippen LogP contribution >= 0.6 is 0 Å². The fourth-order valence-corrected chi connectivity index (χ4v) is 3.79. The van der Waals surface area contributed by atoms with Crippen molar-refractivity contribution in [2.45, 2.75) is 24.9 Å². The van der Waals surface area contributed by atoms with Crippen LogP contribution in [0.4, 0.5) is 5.82 Å². The standard InChI is InChI=1S/C18H22N4O/c1-21-13-7-8-14(21)12-22(11-13)18-10-9-16(19-20-18)15-5-3-4-6-17(15)23-2/h3-6,9-10,13-14H,7-8,11-12H2,1-2H3. The zero-order valence-corrected chi connectivity index (χ0v) is 13.6. The molecule has 1 aromatic carbocycles. The van der Waals surface area contributed by atoms with E-state index in [-0.39, 0.29) is 0 Å². The van der Waals surface area contributed by atoms with Crippen LogP contribution in [0.3, 0.4) is 0 Å². The molecule has 0 amide bonds. The molecule has 2 fully saturated rings. The van der Waals surface area contributed by atoms with Gasteiger partial charge in [-0.2, -0.15) is 0 Å². The Morgan fingerprint density at radius 2 is 1.74 bits per heavy atom. The van der Waals surface area contributed by atoms with Gasteiger partial charge in [0.2, 0.25) is 0 Å². The van der Waals surface area contributed by atoms with Crippen LogP contribution < -0.4 is 9.64 Å². The second-order valence-corrected chi connectivity index (χ2v) is 6.43. The number of anilines is 1. The summed E-state index contributed by atoms with van der Waals surface area (Å²) in [6.07, 6.45) is 2.59. The third-order valence-corrected chi connectivity index (χ3v) is 5.20. The smallest absolute Gasteiger partial charge is 0.151 e. The first kappa shape index (κ1) is 14.5. The number of para-hydroxylation sites is 1. The quantitative estimate of drug-likeness (QED) is 0.871. The third-order valence-electron chi connectivity index (χ3n) is 5.20. The lowest BCUT2D eigenvalue weighted by atomic mass is 10.1. The maximum atomic E-state index is 5.41. The van der Waals surface area contributed by atoms with Crippen LogP contribution in [0.2, 0.25) is 0 Å². The summed E-state index contributed by atoms with van der Waals surface area (Å²) in [5.41, 5.74) is 1.83. The van der Waals surface area contributed by atoms with Gasteiger partial charge in [-0.1, -0.05) is 12.1 Å². The highest BCUT2D eigenvalue weighted by Crippen LogP contribution is 2.32. The molecule has 2 aromatic rings. The van der Waals surface area contributed by atoms with Gasteiger partial charge in [0.05, 0.1) is 12.8 Å². The summed E-state index contributed by atoms with van der Waals surface area (Å²) in [6.45, 7) is 2.10. The first-order chi connectivity index (χ1) is 11.3. The molecule has 2 aliphatic heterocycles. The Kier molecular flexibility index (Phi) is 3.65. The molecule has 5 heteroatoms. The Labute approximate surface area is 136 Å². The number of hydrogen-bond acceptors (Lipinski definition) is 5. The summed E-state index contributed by atoms with van der Waals surface area (Å²) >= 11 is 0. The Hall–Kier alpha value is -2.14. The molecule has 2 aliphatic rings. The summed E-state index contributed by atoms with van der Waals surface area (Å²) in [5.74, 6) is 1.81. The Morgan fingerprint density at radius 3 is 2.39 bits per heavy atom. The molecule has 2 bridgehead atoms. The topological polar surface area (TPSA) is 41.5 Å². The van der Waals surface area contributed by atoms with Gasteiger partial charge in [0.1, 0.15) is 5.75 Å². The first-order valence-corrected chi connectivity index (χ1v) is 8.20. The molecule has 23 heavy (non-hydrogen) atoms. The van der Waals surface area contributed by atoms with Crippen molar-refractivity contribution >= 4 is 5.82 Å². The number of methoxy groups -OCH3 is 1. The molecule has 2 unspecified atom stereocenters. The van der Waals surface area contributed by atoms with Gasteiger partial charge >= 0.3 is 0 Å². The highest BCUT2D eigenvalue weighted by Gasteiger charge is 2.37. The molecule has 1 aromatic heterocycles. The van der Waals surface area contributed by atoms with Crippen molar-refractivity contribution in [1.29, 1.82) is 0 Å². The van der Waals surface area contributed by atoms with Crippen LogP contribution in [0.5, 0.6) is 5.75 Å². The predicted molar refractivity (Wildman–Crippen MR) is 90.8 cm³/mol. The van der Waals surface area contributed by atoms with Crippen molar-refractivity contribution in [2.24, 2.45) is 0 Å². The van der Waals surface area contributed by atoms with Gasteiger partial charge < -0.3 is 9.64 Å². The lowest BCUT2D eigenvalue weighted by Gasteiger charge is -2.39. The van der Waals surface area contributed by atoms with E-state index in [0.717, 1.165) is 35.9 Å². The summed E-state index contributed by atoms with van der Waals surface area (Å²) in [6, 6.07) is 13.4. The van der Waals surface area contributed by atoms with Crippen LogP contribution in [0.25, 0.3) is 11.3 Å². The largest absolute Gasteiger partial charge is 0.496 e. The minimum atomic E-state index is 0.657. The maximum Gasteiger partial charge on any atom is 0.151 e. The third kappa shape index (κ3) is 2.55. The number of benzene rings is 1. The van der Waals surface area contributed by atoms with Crippen molar-refractivity contribution in [1.82, 2.24) is 15.1 Å². The van der Waals surface area contributed by atoms with Gasteiger partial charge in [0, 0.05) is 30.7 Å². The van der Waals surface area contributed by atoms with Crippen molar-refractivity contribution in [3.8, 4) is 17.0 Å². The molecular weight excluding hydrogens is 288 g/mol. The van der Waals surface area contributed by atoms with E-state index < -0.39 is 0 Å². The van der Waals surface area contributed by atoms with Crippen LogP contribution in [0.15, 0.2) is 36.4 Å². The molecule has 5 nitrogen and oxygen atoms in total. The van der Waals surface area contributed by atoms with Crippen molar-refractivity contribution in [3.63, 3.8) is 0 Å². The van der Waals surface area contributed by atoms with Crippen LogP contribution in [0, 0.1) is 0 Å². The van der Waals surface area contributed by atoms with E-state index >= 15 is 0 Å². The first-order valence-electron chi connectivity index (χ1n) is 8.20. The Bertz CT molecular complexity index is 674. The number of piperazine rings is 1. The van der Waals surface area contributed by atoms with E-state index in [0.29, 0.717) is 12.1 Å². The van der Waals surface area contributed by atoms with Gasteiger partial charge in [-0.05, 0) is 44.2 Å². The summed E-state index contributed by atoms with van der Waals surface area (Å²) in [7, 11) is 3.93. The fourth-order valence-electron chi connectivity index (χ4n) is 3.79. The molecular formula is C18H22N4O. The van der Waals surface area contributed by atoms with E-state index in [2.05, 4.69) is 33.1 Å². The normalized spacial score (nSPS) is 24.0. The molecule has 3 heterocycles. The summed E-state index contributed by atoms with van der Waals surface area (Å²) in [4.78, 5) is 4.90. The molecule has 0 radical (unpaired) electrons. The average molecular weight is 310 g/mol. The summed E-state index contributed by atoms with van der Waals surface area (Å²) in [5, 5.41) is 8.91. The minimum absolute atomic E-state index is 0.657. The van der Waals surface area contributed by atoms with E-state index in [9.17, 15) is 0 Å².